The van der Waals surface area contributed by atoms with Crippen molar-refractivity contribution in [2.75, 3.05) is 12.4 Å². The molecule has 0 atom stereocenters. The van der Waals surface area contributed by atoms with E-state index in [9.17, 15) is 14.0 Å². The molecule has 1 aromatic carbocycles. The summed E-state index contributed by atoms with van der Waals surface area (Å²) in [6, 6.07) is 5.84. The zero-order valence-corrected chi connectivity index (χ0v) is 18.8. The van der Waals surface area contributed by atoms with E-state index in [1.165, 1.54) is 31.4 Å². The van der Waals surface area contributed by atoms with Gasteiger partial charge < -0.3 is 15.6 Å². The molecule has 3 heterocycles. The number of nitrogens with one attached hydrogen (secondary N) is 3. The van der Waals surface area contributed by atoms with Gasteiger partial charge in [0.15, 0.2) is 5.82 Å². The lowest BCUT2D eigenvalue weighted by Crippen LogP contribution is -2.27. The number of carbonyl (C=O) groups is 2. The minimum atomic E-state index is -0.741. The van der Waals surface area contributed by atoms with Gasteiger partial charge in [0.1, 0.15) is 17.3 Å². The van der Waals surface area contributed by atoms with Crippen LogP contribution < -0.4 is 10.6 Å². The fourth-order valence-electron chi connectivity index (χ4n) is 3.42. The normalized spacial score (nSPS) is 11.1. The third-order valence-corrected chi connectivity index (χ3v) is 5.35. The molecular weight excluding hydrogens is 447 g/mol. The molecule has 0 aliphatic rings. The topological polar surface area (TPSA) is 113 Å². The maximum absolute atomic E-state index is 14.4. The zero-order valence-electron chi connectivity index (χ0n) is 18.0. The van der Waals surface area contributed by atoms with Gasteiger partial charge >= 0.3 is 0 Å². The molecule has 168 valence electrons. The quantitative estimate of drug-likeness (QED) is 0.282. The van der Waals surface area contributed by atoms with E-state index >= 15 is 0 Å². The maximum atomic E-state index is 14.4. The number of aromatic amines is 1. The predicted octanol–water partition coefficient (Wildman–Crippen LogP) is 4.61. The number of likely N-dealkylation sites (N-methyl/N-ethyl adjacent to an activating group) is 1. The summed E-state index contributed by atoms with van der Waals surface area (Å²) in [5, 5.41) is 6.36. The van der Waals surface area contributed by atoms with E-state index in [0.29, 0.717) is 27.6 Å². The molecule has 4 aromatic rings. The van der Waals surface area contributed by atoms with Crippen molar-refractivity contribution in [2.45, 2.75) is 19.8 Å². The van der Waals surface area contributed by atoms with Crippen LogP contribution in [0.2, 0.25) is 5.02 Å². The Morgan fingerprint density at radius 1 is 1.18 bits per heavy atom. The van der Waals surface area contributed by atoms with Crippen LogP contribution in [0.5, 0.6) is 0 Å². The molecule has 0 fully saturated rings. The Morgan fingerprint density at radius 2 is 1.97 bits per heavy atom. The van der Waals surface area contributed by atoms with Gasteiger partial charge in [-0.3, -0.25) is 9.59 Å². The van der Waals surface area contributed by atoms with Gasteiger partial charge in [-0.15, -0.1) is 0 Å². The van der Waals surface area contributed by atoms with E-state index in [1.54, 1.807) is 18.5 Å². The molecule has 0 radical (unpaired) electrons. The van der Waals surface area contributed by atoms with Crippen LogP contribution in [-0.2, 0) is 4.79 Å². The molecular formula is C23H20ClFN6O2. The smallest absolute Gasteiger partial charge is 0.292 e. The number of ketones is 1. The van der Waals surface area contributed by atoms with Gasteiger partial charge in [0.2, 0.25) is 0 Å². The first-order valence-corrected chi connectivity index (χ1v) is 10.5. The number of Topliss-reactive ketones (excluding diaryl/α,β-unsaturated/α-hetero) is 1. The number of hydrogen-bond acceptors (Lipinski definition) is 6. The number of H-pyrrole nitrogens is 1. The Balaban J connectivity index is 1.85. The van der Waals surface area contributed by atoms with Crippen molar-refractivity contribution in [3.63, 3.8) is 0 Å². The minimum absolute atomic E-state index is 0.0429. The predicted molar refractivity (Wildman–Crippen MR) is 124 cm³/mol. The number of rotatable bonds is 6. The highest BCUT2D eigenvalue weighted by Gasteiger charge is 2.22. The molecule has 10 heteroatoms. The lowest BCUT2D eigenvalue weighted by Gasteiger charge is -2.16. The Labute approximate surface area is 193 Å². The Kier molecular flexibility index (Phi) is 6.06. The second-order valence-corrected chi connectivity index (χ2v) is 8.03. The first-order chi connectivity index (χ1) is 15.8. The monoisotopic (exact) mass is 466 g/mol. The fourth-order valence-corrected chi connectivity index (χ4v) is 3.59. The molecule has 0 aliphatic carbocycles. The van der Waals surface area contributed by atoms with Gasteiger partial charge in [0.05, 0.1) is 22.2 Å². The molecule has 3 N–H and O–H groups in total. The highest BCUT2D eigenvalue weighted by Crippen LogP contribution is 2.33. The number of pyridine rings is 1. The van der Waals surface area contributed by atoms with Crippen LogP contribution in [0.15, 0.2) is 42.9 Å². The van der Waals surface area contributed by atoms with Crippen molar-refractivity contribution in [2.24, 2.45) is 0 Å². The van der Waals surface area contributed by atoms with Gasteiger partial charge in [-0.05, 0) is 30.2 Å². The van der Waals surface area contributed by atoms with Crippen LogP contribution in [0.3, 0.4) is 0 Å². The van der Waals surface area contributed by atoms with Crippen LogP contribution in [0, 0.1) is 5.82 Å². The zero-order chi connectivity index (χ0) is 23.7. The standard InChI is InChI=1S/C23H20ClFN6O2/c1-11(2)14-9-28-20(13-8-12(24)4-5-16(13)25)31-21(14)30-17-6-7-27-22-18(17)15(10-29-22)19(32)23(33)26-3/h4-11H,1-3H3,(H,26,33)(H2,27,28,29,30,31). The van der Waals surface area contributed by atoms with Crippen LogP contribution in [0.4, 0.5) is 15.9 Å². The number of aromatic nitrogens is 4. The summed E-state index contributed by atoms with van der Waals surface area (Å²) in [5.41, 5.74) is 2.04. The number of anilines is 2. The van der Waals surface area contributed by atoms with E-state index in [0.717, 1.165) is 5.56 Å². The fraction of sp³-hybridized carbons (Fsp3) is 0.174. The number of hydrogen-bond donors (Lipinski definition) is 3. The highest BCUT2D eigenvalue weighted by atomic mass is 35.5. The Morgan fingerprint density at radius 3 is 2.70 bits per heavy atom. The molecule has 0 unspecified atom stereocenters. The van der Waals surface area contributed by atoms with E-state index in [2.05, 4.69) is 30.6 Å². The van der Waals surface area contributed by atoms with Crippen molar-refractivity contribution in [3.05, 3.63) is 64.8 Å². The number of amides is 1. The SMILES string of the molecule is CNC(=O)C(=O)c1c[nH]c2nccc(Nc3nc(-c4cc(Cl)ccc4F)ncc3C(C)C)c12. The molecule has 0 spiro atoms. The summed E-state index contributed by atoms with van der Waals surface area (Å²) in [4.78, 5) is 40.6. The van der Waals surface area contributed by atoms with Crippen molar-refractivity contribution < 1.29 is 14.0 Å². The number of nitrogens with zero attached hydrogens (tertiary/aromatic N) is 3. The summed E-state index contributed by atoms with van der Waals surface area (Å²) < 4.78 is 14.4. The molecule has 33 heavy (non-hydrogen) atoms. The molecule has 3 aromatic heterocycles. The molecule has 1 amide bonds. The molecule has 8 nitrogen and oxygen atoms in total. The second-order valence-electron chi connectivity index (χ2n) is 7.59. The Bertz CT molecular complexity index is 1380. The molecule has 4 rings (SSSR count). The van der Waals surface area contributed by atoms with E-state index in [-0.39, 0.29) is 22.9 Å². The summed E-state index contributed by atoms with van der Waals surface area (Å²) in [7, 11) is 1.39. The number of fused-ring (bicyclic) bond motifs is 1. The number of halogens is 2. The molecule has 0 saturated heterocycles. The van der Waals surface area contributed by atoms with Crippen molar-refractivity contribution in [1.82, 2.24) is 25.3 Å². The molecule has 0 saturated carbocycles. The Hall–Kier alpha value is -3.85. The van der Waals surface area contributed by atoms with Crippen molar-refractivity contribution in [3.8, 4) is 11.4 Å². The lowest BCUT2D eigenvalue weighted by molar-refractivity contribution is -0.116. The first kappa shape index (κ1) is 22.3. The summed E-state index contributed by atoms with van der Waals surface area (Å²) in [5.74, 6) is -1.31. The number of carbonyl (C=O) groups excluding carboxylic acids is 2. The van der Waals surface area contributed by atoms with Crippen LogP contribution in [-0.4, -0.2) is 38.7 Å². The van der Waals surface area contributed by atoms with Crippen molar-refractivity contribution >= 4 is 45.8 Å². The molecule has 0 aliphatic heterocycles. The summed E-state index contributed by atoms with van der Waals surface area (Å²) in [6.45, 7) is 3.95. The average Bonchev–Trinajstić information content (AvgIpc) is 3.24. The van der Waals surface area contributed by atoms with Gasteiger partial charge in [0, 0.05) is 36.2 Å². The van der Waals surface area contributed by atoms with Crippen molar-refractivity contribution in [1.29, 1.82) is 0 Å². The van der Waals surface area contributed by atoms with Gasteiger partial charge in [-0.1, -0.05) is 25.4 Å². The van der Waals surface area contributed by atoms with E-state index < -0.39 is 17.5 Å². The average molecular weight is 467 g/mol. The largest absolute Gasteiger partial charge is 0.352 e. The van der Waals surface area contributed by atoms with Crippen LogP contribution in [0.25, 0.3) is 22.4 Å². The van der Waals surface area contributed by atoms with Gasteiger partial charge in [-0.2, -0.15) is 0 Å². The van der Waals surface area contributed by atoms with E-state index in [1.807, 2.05) is 13.8 Å². The van der Waals surface area contributed by atoms with Gasteiger partial charge in [0.25, 0.3) is 11.7 Å². The third kappa shape index (κ3) is 4.27. The summed E-state index contributed by atoms with van der Waals surface area (Å²) >= 11 is 6.04. The van der Waals surface area contributed by atoms with Crippen LogP contribution in [0.1, 0.15) is 35.7 Å². The number of benzene rings is 1. The molecule has 0 bridgehead atoms. The summed E-state index contributed by atoms with van der Waals surface area (Å²) in [6.07, 6.45) is 4.63. The first-order valence-electron chi connectivity index (χ1n) is 10.1. The highest BCUT2D eigenvalue weighted by molar-refractivity contribution is 6.45. The van der Waals surface area contributed by atoms with Crippen LogP contribution >= 0.6 is 11.6 Å². The van der Waals surface area contributed by atoms with Gasteiger partial charge in [-0.25, -0.2) is 19.3 Å². The van der Waals surface area contributed by atoms with E-state index in [4.69, 9.17) is 11.6 Å². The lowest BCUT2D eigenvalue weighted by atomic mass is 10.0. The second kappa shape index (κ2) is 8.95. The third-order valence-electron chi connectivity index (χ3n) is 5.11. The minimum Gasteiger partial charge on any atom is -0.352 e. The maximum Gasteiger partial charge on any atom is 0.292 e.